The molecule has 2 aromatic heterocycles. The third-order valence-electron chi connectivity index (χ3n) is 6.28. The van der Waals surface area contributed by atoms with Gasteiger partial charge in [0, 0.05) is 40.5 Å². The Labute approximate surface area is 220 Å². The first kappa shape index (κ1) is 26.4. The van der Waals surface area contributed by atoms with Crippen molar-refractivity contribution < 1.29 is 13.9 Å². The zero-order valence-electron chi connectivity index (χ0n) is 20.4. The zero-order chi connectivity index (χ0) is 25.7. The molecule has 4 rings (SSSR count). The van der Waals surface area contributed by atoms with Crippen LogP contribution in [0.25, 0.3) is 11.1 Å². The van der Waals surface area contributed by atoms with Crippen LogP contribution in [0.2, 0.25) is 10.0 Å². The number of rotatable bonds is 9. The van der Waals surface area contributed by atoms with E-state index in [0.29, 0.717) is 23.8 Å². The van der Waals surface area contributed by atoms with Crippen LogP contribution in [0.15, 0.2) is 36.8 Å². The van der Waals surface area contributed by atoms with Gasteiger partial charge in [-0.25, -0.2) is 9.37 Å². The van der Waals surface area contributed by atoms with Crippen LogP contribution in [-0.2, 0) is 4.79 Å². The molecule has 3 heterocycles. The highest BCUT2D eigenvalue weighted by Crippen LogP contribution is 2.38. The summed E-state index contributed by atoms with van der Waals surface area (Å²) in [4.78, 5) is 16.9. The molecule has 1 atom stereocenters. The average Bonchev–Trinajstić information content (AvgIpc) is 3.37. The summed E-state index contributed by atoms with van der Waals surface area (Å²) < 4.78 is 22.3. The minimum atomic E-state index is -0.707. The SMILES string of the molecule is CCCCC(=O)Nc1ncc(-c2cnn(C3CCNCC3)c2)cc1O[C@H](C)c1c(Cl)ccc(F)c1Cl. The smallest absolute Gasteiger partial charge is 0.225 e. The molecule has 10 heteroatoms. The molecule has 1 saturated heterocycles. The first-order valence-corrected chi connectivity index (χ1v) is 13.0. The number of hydrogen-bond donors (Lipinski definition) is 2. The number of carbonyl (C=O) groups is 1. The molecule has 0 saturated carbocycles. The Kier molecular flexibility index (Phi) is 8.82. The summed E-state index contributed by atoms with van der Waals surface area (Å²) in [6.45, 7) is 5.67. The van der Waals surface area contributed by atoms with Crippen LogP contribution in [0.1, 0.15) is 63.7 Å². The van der Waals surface area contributed by atoms with Crippen LogP contribution in [0.5, 0.6) is 5.75 Å². The fraction of sp³-hybridized carbons (Fsp3) is 0.423. The van der Waals surface area contributed by atoms with Gasteiger partial charge in [0.25, 0.3) is 0 Å². The lowest BCUT2D eigenvalue weighted by molar-refractivity contribution is -0.116. The number of halogens is 3. The van der Waals surface area contributed by atoms with Crippen molar-refractivity contribution in [3.8, 4) is 16.9 Å². The van der Waals surface area contributed by atoms with Crippen molar-refractivity contribution in [1.29, 1.82) is 0 Å². The van der Waals surface area contributed by atoms with Crippen LogP contribution in [0.4, 0.5) is 10.2 Å². The molecule has 1 fully saturated rings. The van der Waals surface area contributed by atoms with Gasteiger partial charge >= 0.3 is 0 Å². The molecular formula is C26H30Cl2FN5O2. The average molecular weight is 534 g/mol. The second-order valence-corrected chi connectivity index (χ2v) is 9.71. The highest BCUT2D eigenvalue weighted by atomic mass is 35.5. The van der Waals surface area contributed by atoms with Crippen molar-refractivity contribution in [1.82, 2.24) is 20.1 Å². The second kappa shape index (κ2) is 12.0. The Balaban J connectivity index is 1.64. The Morgan fingerprint density at radius 3 is 2.81 bits per heavy atom. The van der Waals surface area contributed by atoms with E-state index in [9.17, 15) is 9.18 Å². The number of nitrogens with zero attached hydrogens (tertiary/aromatic N) is 3. The number of piperidine rings is 1. The summed E-state index contributed by atoms with van der Waals surface area (Å²) in [6.07, 6.45) is 8.84. The van der Waals surface area contributed by atoms with Gasteiger partial charge in [-0.05, 0) is 57.5 Å². The maximum Gasteiger partial charge on any atom is 0.225 e. The molecule has 0 spiro atoms. The molecule has 0 bridgehead atoms. The fourth-order valence-electron chi connectivity index (χ4n) is 4.24. The highest BCUT2D eigenvalue weighted by Gasteiger charge is 2.22. The number of benzene rings is 1. The molecule has 36 heavy (non-hydrogen) atoms. The van der Waals surface area contributed by atoms with Crippen molar-refractivity contribution in [2.75, 3.05) is 18.4 Å². The van der Waals surface area contributed by atoms with Crippen molar-refractivity contribution in [3.63, 3.8) is 0 Å². The van der Waals surface area contributed by atoms with Gasteiger partial charge in [0.15, 0.2) is 11.6 Å². The van der Waals surface area contributed by atoms with E-state index in [4.69, 9.17) is 27.9 Å². The number of pyridine rings is 1. The van der Waals surface area contributed by atoms with E-state index in [2.05, 4.69) is 20.7 Å². The largest absolute Gasteiger partial charge is 0.482 e. The third kappa shape index (κ3) is 6.17. The van der Waals surface area contributed by atoms with E-state index in [1.165, 1.54) is 12.1 Å². The van der Waals surface area contributed by atoms with Gasteiger partial charge in [0.05, 0.1) is 17.3 Å². The van der Waals surface area contributed by atoms with Gasteiger partial charge in [0.2, 0.25) is 5.91 Å². The van der Waals surface area contributed by atoms with Crippen molar-refractivity contribution >= 4 is 34.9 Å². The Hall–Kier alpha value is -2.68. The van der Waals surface area contributed by atoms with Crippen LogP contribution < -0.4 is 15.4 Å². The lowest BCUT2D eigenvalue weighted by Crippen LogP contribution is -2.29. The molecule has 0 unspecified atom stereocenters. The van der Waals surface area contributed by atoms with Crippen molar-refractivity contribution in [2.45, 2.75) is 58.1 Å². The quantitative estimate of drug-likeness (QED) is 0.303. The Morgan fingerprint density at radius 2 is 2.06 bits per heavy atom. The fourth-order valence-corrected chi connectivity index (χ4v) is 4.92. The zero-order valence-corrected chi connectivity index (χ0v) is 21.9. The number of nitrogens with one attached hydrogen (secondary N) is 2. The predicted octanol–water partition coefficient (Wildman–Crippen LogP) is 6.58. The molecular weight excluding hydrogens is 504 g/mol. The topological polar surface area (TPSA) is 81.1 Å². The van der Waals surface area contributed by atoms with Gasteiger partial charge < -0.3 is 15.4 Å². The number of unbranched alkanes of at least 4 members (excludes halogenated alkanes) is 1. The van der Waals surface area contributed by atoms with Crippen molar-refractivity contribution in [2.24, 2.45) is 0 Å². The molecule has 0 aliphatic carbocycles. The molecule has 1 amide bonds. The van der Waals surface area contributed by atoms with E-state index in [0.717, 1.165) is 49.9 Å². The van der Waals surface area contributed by atoms with Crippen LogP contribution in [-0.4, -0.2) is 33.8 Å². The number of anilines is 1. The molecule has 3 aromatic rings. The predicted molar refractivity (Wildman–Crippen MR) is 140 cm³/mol. The van der Waals surface area contributed by atoms with Gasteiger partial charge in [-0.1, -0.05) is 36.5 Å². The molecule has 1 aliphatic heterocycles. The first-order valence-electron chi connectivity index (χ1n) is 12.2. The first-order chi connectivity index (χ1) is 17.4. The van der Waals surface area contributed by atoms with Gasteiger partial charge in [-0.2, -0.15) is 5.10 Å². The maximum absolute atomic E-state index is 14.1. The number of carbonyl (C=O) groups excluding carboxylic acids is 1. The molecule has 192 valence electrons. The van der Waals surface area contributed by atoms with Gasteiger partial charge in [-0.15, -0.1) is 0 Å². The number of ether oxygens (including phenoxy) is 1. The van der Waals surface area contributed by atoms with E-state index in [1.54, 1.807) is 25.4 Å². The summed E-state index contributed by atoms with van der Waals surface area (Å²) in [7, 11) is 0. The summed E-state index contributed by atoms with van der Waals surface area (Å²) >= 11 is 12.5. The third-order valence-corrected chi connectivity index (χ3v) is 6.99. The molecule has 1 aromatic carbocycles. The van der Waals surface area contributed by atoms with E-state index in [-0.39, 0.29) is 21.8 Å². The second-order valence-electron chi connectivity index (χ2n) is 8.93. The lowest BCUT2D eigenvalue weighted by Gasteiger charge is -2.22. The Bertz CT molecular complexity index is 1210. The summed E-state index contributed by atoms with van der Waals surface area (Å²) in [5.74, 6) is -0.135. The molecule has 7 nitrogen and oxygen atoms in total. The highest BCUT2D eigenvalue weighted by molar-refractivity contribution is 6.36. The number of hydrogen-bond acceptors (Lipinski definition) is 5. The van der Waals surface area contributed by atoms with E-state index in [1.807, 2.05) is 17.8 Å². The summed E-state index contributed by atoms with van der Waals surface area (Å²) in [6, 6.07) is 4.79. The van der Waals surface area contributed by atoms with Crippen LogP contribution in [0.3, 0.4) is 0 Å². The van der Waals surface area contributed by atoms with Crippen molar-refractivity contribution in [3.05, 3.63) is 58.2 Å². The minimum Gasteiger partial charge on any atom is -0.482 e. The Morgan fingerprint density at radius 1 is 1.28 bits per heavy atom. The molecule has 0 radical (unpaired) electrons. The minimum absolute atomic E-state index is 0.101. The standard InChI is InChI=1S/C26H30Cl2FN5O2/c1-3-4-5-23(35)33-26-22(36-16(2)24-20(27)6-7-21(29)25(24)28)12-17(13-31-26)18-14-32-34(15-18)19-8-10-30-11-9-19/h6-7,12-16,19,30H,3-5,8-11H2,1-2H3,(H,31,33,35)/t16-/m1/s1. The number of aromatic nitrogens is 3. The van der Waals surface area contributed by atoms with E-state index < -0.39 is 11.9 Å². The van der Waals surface area contributed by atoms with E-state index >= 15 is 0 Å². The normalized spacial score (nSPS) is 15.0. The van der Waals surface area contributed by atoms with Crippen LogP contribution >= 0.6 is 23.2 Å². The summed E-state index contributed by atoms with van der Waals surface area (Å²) in [5.41, 5.74) is 1.98. The monoisotopic (exact) mass is 533 g/mol. The lowest BCUT2D eigenvalue weighted by atomic mass is 10.1. The molecule has 2 N–H and O–H groups in total. The maximum atomic E-state index is 14.1. The number of amides is 1. The van der Waals surface area contributed by atoms with Gasteiger partial charge in [-0.3, -0.25) is 9.48 Å². The summed E-state index contributed by atoms with van der Waals surface area (Å²) in [5, 5.41) is 11.0. The van der Waals surface area contributed by atoms with Crippen LogP contribution in [0, 0.1) is 5.82 Å². The van der Waals surface area contributed by atoms with Gasteiger partial charge in [0.1, 0.15) is 11.9 Å². The molecule has 1 aliphatic rings.